The van der Waals surface area contributed by atoms with Gasteiger partial charge in [-0.25, -0.2) is 0 Å². The molecule has 0 aromatic rings. The third-order valence-electron chi connectivity index (χ3n) is 0. The van der Waals surface area contributed by atoms with Gasteiger partial charge in [0.15, 0.2) is 0 Å². The van der Waals surface area contributed by atoms with E-state index in [9.17, 15) is 0 Å². The van der Waals surface area contributed by atoms with E-state index in [4.69, 9.17) is 0 Å². The van der Waals surface area contributed by atoms with Crippen LogP contribution in [0.3, 0.4) is 0 Å². The average molecular weight is 61.1 g/mol. The van der Waals surface area contributed by atoms with E-state index in [2.05, 4.69) is 0 Å². The minimum Gasteiger partial charge on any atom is -0.312 e. The quantitative estimate of drug-likeness (QED) is 0.392. The van der Waals surface area contributed by atoms with Crippen molar-refractivity contribution in [2.24, 2.45) is 0 Å². The third kappa shape index (κ3) is 1130. The number of nitrogens with zero attached hydrogens (tertiary/aromatic N) is 1. The van der Waals surface area contributed by atoms with Gasteiger partial charge < -0.3 is 4.90 Å². The maximum Gasteiger partial charge on any atom is 0 e. The Bertz CT molecular complexity index is 11.6. The zero-order valence-electron chi connectivity index (χ0n) is 3.45. The first kappa shape index (κ1) is 3.96. The van der Waals surface area contributed by atoms with E-state index in [1.807, 2.05) is 26.0 Å². The fourth-order valence-electron chi connectivity index (χ4n) is 0. The predicted molar refractivity (Wildman–Crippen MR) is 21.7 cm³/mol. The largest absolute Gasteiger partial charge is 0.312 e. The highest BCUT2D eigenvalue weighted by Gasteiger charge is 1.58. The highest BCUT2D eigenvalue weighted by Crippen LogP contribution is 1.47. The van der Waals surface area contributed by atoms with Crippen molar-refractivity contribution in [3.63, 3.8) is 0 Å². The van der Waals surface area contributed by atoms with E-state index >= 15 is 0 Å². The Morgan fingerprint density at radius 1 is 1.25 bits per heavy atom. The molecule has 1 nitrogen and oxygen atoms in total. The van der Waals surface area contributed by atoms with E-state index in [1.165, 1.54) is 0 Å². The van der Waals surface area contributed by atoms with Crippen LogP contribution in [0.4, 0.5) is 0 Å². The van der Waals surface area contributed by atoms with Crippen LogP contribution < -0.4 is 0 Å². The van der Waals surface area contributed by atoms with Gasteiger partial charge in [0.05, 0.1) is 0 Å². The van der Waals surface area contributed by atoms with Crippen LogP contribution in [0.5, 0.6) is 0 Å². The van der Waals surface area contributed by atoms with E-state index < -0.39 is 0 Å². The molecule has 0 heterocycles. The van der Waals surface area contributed by atoms with E-state index in [1.54, 1.807) is 0 Å². The van der Waals surface area contributed by atoms with Crippen LogP contribution in [0.15, 0.2) is 0 Å². The van der Waals surface area contributed by atoms with Crippen LogP contribution in [-0.4, -0.2) is 26.0 Å². The fourth-order valence-corrected chi connectivity index (χ4v) is 0. The molecule has 0 saturated heterocycles. The van der Waals surface area contributed by atoms with Crippen LogP contribution in [0.2, 0.25) is 0 Å². The molecule has 0 saturated carbocycles. The minimum atomic E-state index is 0. The summed E-state index contributed by atoms with van der Waals surface area (Å²) in [7, 11) is 6.00. The lowest BCUT2D eigenvalue weighted by atomic mass is 11.0. The lowest BCUT2D eigenvalue weighted by Crippen LogP contribution is -1.99. The van der Waals surface area contributed by atoms with Crippen molar-refractivity contribution in [1.82, 2.24) is 4.90 Å². The normalized spacial score (nSPS) is 9.00. The van der Waals surface area contributed by atoms with Gasteiger partial charge in [0.1, 0.15) is 0 Å². The second kappa shape index (κ2) is 1.30. The molecule has 0 aliphatic rings. The molecule has 0 aliphatic heterocycles. The zero-order valence-corrected chi connectivity index (χ0v) is 3.45. The van der Waals surface area contributed by atoms with Crippen molar-refractivity contribution in [2.45, 2.75) is 0 Å². The molecule has 0 amide bonds. The van der Waals surface area contributed by atoms with Crippen LogP contribution in [-0.2, 0) is 0 Å². The SMILES string of the molecule is CN(C)C.[HH]. The molecule has 0 unspecified atom stereocenters. The van der Waals surface area contributed by atoms with E-state index in [0.717, 1.165) is 0 Å². The standard InChI is InChI=1S/C3H9N.H2/c1-4(2)3;/h1-3H3;1H. The van der Waals surface area contributed by atoms with E-state index in [0.29, 0.717) is 0 Å². The summed E-state index contributed by atoms with van der Waals surface area (Å²) in [5.74, 6) is 0. The fraction of sp³-hybridized carbons (Fsp3) is 1.00. The molecule has 0 fully saturated rings. The second-order valence-corrected chi connectivity index (χ2v) is 1.34. The predicted octanol–water partition coefficient (Wildman–Crippen LogP) is 0.424. The number of hydrogen-bond donors (Lipinski definition) is 0. The first-order valence-electron chi connectivity index (χ1n) is 1.34. The Balaban J connectivity index is 0. The molecular weight excluding hydrogens is 50.0 g/mol. The molecule has 28 valence electrons. The van der Waals surface area contributed by atoms with Gasteiger partial charge in [-0.05, 0) is 21.1 Å². The molecule has 0 aliphatic carbocycles. The summed E-state index contributed by atoms with van der Waals surface area (Å²) in [6, 6.07) is 0. The van der Waals surface area contributed by atoms with Gasteiger partial charge in [-0.15, -0.1) is 0 Å². The summed E-state index contributed by atoms with van der Waals surface area (Å²) in [5, 5.41) is 0. The summed E-state index contributed by atoms with van der Waals surface area (Å²) in [4.78, 5) is 2.00. The van der Waals surface area contributed by atoms with Gasteiger partial charge in [0.2, 0.25) is 0 Å². The topological polar surface area (TPSA) is 3.24 Å². The molecular formula is C3H11N. The highest BCUT2D eigenvalue weighted by molar-refractivity contribution is 4.09. The number of rotatable bonds is 0. The summed E-state index contributed by atoms with van der Waals surface area (Å²) in [6.07, 6.45) is 0. The first-order chi connectivity index (χ1) is 1.73. The summed E-state index contributed by atoms with van der Waals surface area (Å²) in [5.41, 5.74) is 0. The Hall–Kier alpha value is -0.0400. The minimum absolute atomic E-state index is 0. The molecule has 0 rings (SSSR count). The summed E-state index contributed by atoms with van der Waals surface area (Å²) >= 11 is 0. The zero-order chi connectivity index (χ0) is 3.58. The highest BCUT2D eigenvalue weighted by atomic mass is 15.0. The molecule has 1 heteroatoms. The van der Waals surface area contributed by atoms with Crippen molar-refractivity contribution in [3.8, 4) is 0 Å². The van der Waals surface area contributed by atoms with Gasteiger partial charge in [-0.2, -0.15) is 0 Å². The molecule has 4 heavy (non-hydrogen) atoms. The maximum absolute atomic E-state index is 2.00. The van der Waals surface area contributed by atoms with Crippen molar-refractivity contribution >= 4 is 0 Å². The van der Waals surface area contributed by atoms with Gasteiger partial charge in [-0.1, -0.05) is 0 Å². The summed E-state index contributed by atoms with van der Waals surface area (Å²) in [6.45, 7) is 0. The second-order valence-electron chi connectivity index (χ2n) is 1.34. The van der Waals surface area contributed by atoms with Crippen LogP contribution in [0.25, 0.3) is 0 Å². The van der Waals surface area contributed by atoms with Crippen molar-refractivity contribution in [1.29, 1.82) is 0 Å². The van der Waals surface area contributed by atoms with Gasteiger partial charge in [0.25, 0.3) is 0 Å². The van der Waals surface area contributed by atoms with Crippen molar-refractivity contribution < 1.29 is 1.43 Å². The van der Waals surface area contributed by atoms with Crippen molar-refractivity contribution in [3.05, 3.63) is 0 Å². The van der Waals surface area contributed by atoms with E-state index in [-0.39, 0.29) is 1.43 Å². The summed E-state index contributed by atoms with van der Waals surface area (Å²) < 4.78 is 0. The first-order valence-corrected chi connectivity index (χ1v) is 1.34. The Morgan fingerprint density at radius 3 is 1.25 bits per heavy atom. The molecule has 0 aromatic carbocycles. The lowest BCUT2D eigenvalue weighted by Gasteiger charge is -1.90. The molecule has 0 bridgehead atoms. The third-order valence-corrected chi connectivity index (χ3v) is 0. The van der Waals surface area contributed by atoms with Crippen molar-refractivity contribution in [2.75, 3.05) is 21.1 Å². The monoisotopic (exact) mass is 61.1 g/mol. The average Bonchev–Trinajstić information content (AvgIpc) is 0.811. The lowest BCUT2D eigenvalue weighted by molar-refractivity contribution is 0.505. The van der Waals surface area contributed by atoms with Gasteiger partial charge in [0, 0.05) is 1.43 Å². The molecule has 0 atom stereocenters. The molecule has 0 N–H and O–H groups in total. The van der Waals surface area contributed by atoms with Crippen LogP contribution >= 0.6 is 0 Å². The van der Waals surface area contributed by atoms with Gasteiger partial charge in [-0.3, -0.25) is 0 Å². The maximum atomic E-state index is 2.00. The smallest absolute Gasteiger partial charge is 0 e. The molecule has 0 spiro atoms. The Kier molecular flexibility index (Phi) is 1.28. The molecule has 0 radical (unpaired) electrons. The number of hydrogen-bond acceptors (Lipinski definition) is 1. The Labute approximate surface area is 28.7 Å². The Morgan fingerprint density at radius 2 is 1.25 bits per heavy atom. The van der Waals surface area contributed by atoms with Gasteiger partial charge >= 0.3 is 0 Å². The molecule has 0 aromatic heterocycles. The van der Waals surface area contributed by atoms with Crippen LogP contribution in [0, 0.1) is 0 Å². The van der Waals surface area contributed by atoms with Crippen LogP contribution in [0.1, 0.15) is 1.43 Å².